The van der Waals surface area contributed by atoms with Crippen LogP contribution in [0.15, 0.2) is 91.0 Å². The van der Waals surface area contributed by atoms with Gasteiger partial charge in [0.2, 0.25) is 5.91 Å². The van der Waals surface area contributed by atoms with Gasteiger partial charge in [0, 0.05) is 11.3 Å². The molecule has 196 valence electrons. The molecule has 0 spiro atoms. The Morgan fingerprint density at radius 1 is 0.921 bits per heavy atom. The predicted octanol–water partition coefficient (Wildman–Crippen LogP) is 2.91. The van der Waals surface area contributed by atoms with Crippen LogP contribution < -0.4 is 10.6 Å². The summed E-state index contributed by atoms with van der Waals surface area (Å²) in [6, 6.07) is 25.8. The number of Topliss-reactive ketones (excluding diaryl/α,β-unsaturated/α-hetero) is 1. The van der Waals surface area contributed by atoms with Crippen molar-refractivity contribution >= 4 is 35.3 Å². The minimum Gasteiger partial charge on any atom is -0.480 e. The smallest absolute Gasteiger partial charge is 0.323 e. The number of nitrogens with zero attached hydrogens (tertiary/aromatic N) is 1. The maximum absolute atomic E-state index is 13.3. The lowest BCUT2D eigenvalue weighted by atomic mass is 10.0. The van der Waals surface area contributed by atoms with Gasteiger partial charge in [0.1, 0.15) is 11.9 Å². The van der Waals surface area contributed by atoms with Crippen LogP contribution in [-0.2, 0) is 20.8 Å². The van der Waals surface area contributed by atoms with Crippen LogP contribution in [0, 0.1) is 0 Å². The largest absolute Gasteiger partial charge is 0.480 e. The third kappa shape index (κ3) is 7.08. The Morgan fingerprint density at radius 2 is 1.53 bits per heavy atom. The lowest BCUT2D eigenvalue weighted by Gasteiger charge is -2.38. The molecule has 1 aliphatic heterocycles. The van der Waals surface area contributed by atoms with E-state index in [1.165, 1.54) is 16.7 Å². The fraction of sp³-hybridized carbons (Fsp3) is 0.241. The highest BCUT2D eigenvalue weighted by Crippen LogP contribution is 2.37. The Labute approximate surface area is 225 Å². The van der Waals surface area contributed by atoms with E-state index in [0.29, 0.717) is 17.7 Å². The summed E-state index contributed by atoms with van der Waals surface area (Å²) in [7, 11) is 0. The molecule has 3 atom stereocenters. The molecule has 1 aliphatic rings. The number of carbonyl (C=O) groups is 4. The van der Waals surface area contributed by atoms with E-state index in [9.17, 15) is 24.3 Å². The Morgan fingerprint density at radius 3 is 2.16 bits per heavy atom. The normalized spacial score (nSPS) is 18.0. The summed E-state index contributed by atoms with van der Waals surface area (Å²) >= 11 is 1.45. The molecule has 3 aromatic carbocycles. The van der Waals surface area contributed by atoms with Crippen LogP contribution in [0.4, 0.5) is 0 Å². The second kappa shape index (κ2) is 13.0. The molecule has 1 fully saturated rings. The van der Waals surface area contributed by atoms with Crippen molar-refractivity contribution in [2.45, 2.75) is 23.9 Å². The first kappa shape index (κ1) is 27.1. The highest BCUT2D eigenvalue weighted by atomic mass is 32.2. The first-order valence-electron chi connectivity index (χ1n) is 12.3. The third-order valence-corrected chi connectivity index (χ3v) is 7.58. The molecule has 9 heteroatoms. The second-order valence-electron chi connectivity index (χ2n) is 8.94. The van der Waals surface area contributed by atoms with Crippen LogP contribution in [0.5, 0.6) is 0 Å². The zero-order chi connectivity index (χ0) is 26.9. The van der Waals surface area contributed by atoms with E-state index in [1.54, 1.807) is 24.3 Å². The number of ketones is 1. The van der Waals surface area contributed by atoms with Crippen molar-refractivity contribution in [1.82, 2.24) is 15.5 Å². The summed E-state index contributed by atoms with van der Waals surface area (Å²) in [5.74, 6) is -1.74. The van der Waals surface area contributed by atoms with Crippen LogP contribution in [0.1, 0.15) is 26.9 Å². The number of thioether (sulfide) groups is 1. The second-order valence-corrected chi connectivity index (χ2v) is 10.1. The number of nitrogens with one attached hydrogen (secondary N) is 2. The molecule has 0 aromatic heterocycles. The Balaban J connectivity index is 1.44. The maximum Gasteiger partial charge on any atom is 0.323 e. The molecule has 1 saturated heterocycles. The van der Waals surface area contributed by atoms with E-state index in [0.717, 1.165) is 11.1 Å². The average molecular weight is 532 g/mol. The molecule has 4 rings (SSSR count). The Kier molecular flexibility index (Phi) is 9.29. The topological polar surface area (TPSA) is 116 Å². The van der Waals surface area contributed by atoms with Crippen molar-refractivity contribution in [3.8, 4) is 0 Å². The maximum atomic E-state index is 13.3. The fourth-order valence-electron chi connectivity index (χ4n) is 4.28. The van der Waals surface area contributed by atoms with Gasteiger partial charge >= 0.3 is 5.97 Å². The molecular formula is C29H29N3O5S. The molecule has 0 radical (unpaired) electrons. The third-order valence-electron chi connectivity index (χ3n) is 6.21. The summed E-state index contributed by atoms with van der Waals surface area (Å²) in [5.41, 5.74) is 2.18. The van der Waals surface area contributed by atoms with Gasteiger partial charge < -0.3 is 15.3 Å². The number of carboxylic acid groups (broad SMARTS) is 1. The molecule has 0 bridgehead atoms. The van der Waals surface area contributed by atoms with Gasteiger partial charge in [0.15, 0.2) is 5.78 Å². The van der Waals surface area contributed by atoms with Gasteiger partial charge in [-0.05, 0) is 29.7 Å². The van der Waals surface area contributed by atoms with Crippen LogP contribution in [-0.4, -0.2) is 64.5 Å². The number of carbonyl (C=O) groups excluding carboxylic acids is 3. The molecule has 8 nitrogen and oxygen atoms in total. The van der Waals surface area contributed by atoms with Crippen LogP contribution in [0.2, 0.25) is 0 Å². The molecule has 1 heterocycles. The van der Waals surface area contributed by atoms with Crippen molar-refractivity contribution in [3.05, 3.63) is 108 Å². The van der Waals surface area contributed by atoms with E-state index < -0.39 is 30.0 Å². The van der Waals surface area contributed by atoms with Crippen LogP contribution >= 0.6 is 11.8 Å². The van der Waals surface area contributed by atoms with Crippen molar-refractivity contribution in [2.24, 2.45) is 0 Å². The monoisotopic (exact) mass is 531 g/mol. The minimum absolute atomic E-state index is 0.152. The van der Waals surface area contributed by atoms with E-state index in [4.69, 9.17) is 0 Å². The minimum atomic E-state index is -1.11. The van der Waals surface area contributed by atoms with Gasteiger partial charge in [-0.15, -0.1) is 11.8 Å². The first-order chi connectivity index (χ1) is 18.4. The molecule has 0 aliphatic carbocycles. The van der Waals surface area contributed by atoms with E-state index in [2.05, 4.69) is 10.6 Å². The molecular weight excluding hydrogens is 502 g/mol. The molecule has 3 aromatic rings. The molecule has 1 unspecified atom stereocenters. The number of hydrogen-bond acceptors (Lipinski definition) is 6. The molecule has 2 amide bonds. The lowest BCUT2D eigenvalue weighted by Crippen LogP contribution is -2.55. The lowest BCUT2D eigenvalue weighted by molar-refractivity contribution is -0.146. The first-order valence-corrected chi connectivity index (χ1v) is 13.3. The van der Waals surface area contributed by atoms with Crippen LogP contribution in [0.3, 0.4) is 0 Å². The van der Waals surface area contributed by atoms with Gasteiger partial charge in [0.05, 0.1) is 18.6 Å². The number of hydrogen-bond donors (Lipinski definition) is 3. The van der Waals surface area contributed by atoms with E-state index in [1.807, 2.05) is 66.7 Å². The van der Waals surface area contributed by atoms with Gasteiger partial charge in [-0.2, -0.15) is 0 Å². The molecule has 0 saturated carbocycles. The molecule has 38 heavy (non-hydrogen) atoms. The summed E-state index contributed by atoms with van der Waals surface area (Å²) in [6.07, 6.45) is 0.300. The number of benzene rings is 3. The van der Waals surface area contributed by atoms with Crippen molar-refractivity contribution < 1.29 is 24.3 Å². The predicted molar refractivity (Wildman–Crippen MR) is 146 cm³/mol. The Hall–Kier alpha value is -3.95. The van der Waals surface area contributed by atoms with E-state index in [-0.39, 0.29) is 24.1 Å². The number of carboxylic acids is 1. The van der Waals surface area contributed by atoms with Gasteiger partial charge in [-0.25, -0.2) is 0 Å². The number of rotatable bonds is 11. The van der Waals surface area contributed by atoms with Gasteiger partial charge in [-0.1, -0.05) is 78.9 Å². The SMILES string of the molecule is O=C(O)CN1C(=O)[C@@H](NCC(=O)C(Cc2ccccc2)NC(=O)c2ccccc2)CS[C@H]1c1ccccc1. The zero-order valence-electron chi connectivity index (χ0n) is 20.7. The van der Waals surface area contributed by atoms with Gasteiger partial charge in [-0.3, -0.25) is 24.5 Å². The van der Waals surface area contributed by atoms with Crippen molar-refractivity contribution in [2.75, 3.05) is 18.8 Å². The van der Waals surface area contributed by atoms with E-state index >= 15 is 0 Å². The summed E-state index contributed by atoms with van der Waals surface area (Å²) in [5, 5.41) is 14.9. The van der Waals surface area contributed by atoms with Gasteiger partial charge in [0.25, 0.3) is 5.91 Å². The fourth-order valence-corrected chi connectivity index (χ4v) is 5.63. The number of amides is 2. The summed E-state index contributed by atoms with van der Waals surface area (Å²) in [6.45, 7) is -0.595. The summed E-state index contributed by atoms with van der Waals surface area (Å²) < 4.78 is 0. The summed E-state index contributed by atoms with van der Waals surface area (Å²) in [4.78, 5) is 52.3. The van der Waals surface area contributed by atoms with Crippen molar-refractivity contribution in [3.63, 3.8) is 0 Å². The quantitative estimate of drug-likeness (QED) is 0.348. The van der Waals surface area contributed by atoms with Crippen LogP contribution in [0.25, 0.3) is 0 Å². The highest BCUT2D eigenvalue weighted by molar-refractivity contribution is 7.99. The zero-order valence-corrected chi connectivity index (χ0v) is 21.5. The van der Waals surface area contributed by atoms with Crippen molar-refractivity contribution in [1.29, 1.82) is 0 Å². The molecule has 3 N–H and O–H groups in total. The Bertz CT molecular complexity index is 1260. The number of aliphatic carboxylic acids is 1. The highest BCUT2D eigenvalue weighted by Gasteiger charge is 2.38. The standard InChI is InChI=1S/C29H29N3O5S/c33-25(23(16-20-10-4-1-5-11-20)31-27(36)21-12-6-2-7-13-21)17-30-24-19-38-29(22-14-8-3-9-15-22)32(28(24)37)18-26(34)35/h1-15,23-24,29-30H,16-19H2,(H,31,36)(H,34,35)/t23?,24-,29-/m0/s1. The average Bonchev–Trinajstić information content (AvgIpc) is 2.94.